The van der Waals surface area contributed by atoms with E-state index < -0.39 is 35.0 Å². The van der Waals surface area contributed by atoms with Crippen molar-refractivity contribution in [3.63, 3.8) is 0 Å². The van der Waals surface area contributed by atoms with Gasteiger partial charge >= 0.3 is 12.1 Å². The Hall–Kier alpha value is -4.59. The number of halogens is 4. The lowest BCUT2D eigenvalue weighted by atomic mass is 9.95. The third-order valence-corrected chi connectivity index (χ3v) is 6.88. The van der Waals surface area contributed by atoms with Crippen LogP contribution in [0.4, 0.5) is 13.2 Å². The molecule has 0 saturated carbocycles. The Morgan fingerprint density at radius 2 is 1.83 bits per heavy atom. The van der Waals surface area contributed by atoms with Gasteiger partial charge in [0, 0.05) is 16.7 Å². The van der Waals surface area contributed by atoms with E-state index in [0.29, 0.717) is 21.9 Å². The molecule has 0 amide bonds. The van der Waals surface area contributed by atoms with Gasteiger partial charge in [0.25, 0.3) is 5.56 Å². The Morgan fingerprint density at radius 3 is 2.46 bits per heavy atom. The smallest absolute Gasteiger partial charge is 0.434 e. The Bertz CT molecular complexity index is 1780. The molecule has 1 aliphatic heterocycles. The molecule has 2 aromatic carbocycles. The summed E-state index contributed by atoms with van der Waals surface area (Å²) in [5.41, 5.74) is -2.55. The number of carbonyl (C=O) groups excluding carboxylic acids is 1. The lowest BCUT2D eigenvalue weighted by Gasteiger charge is -2.26. The van der Waals surface area contributed by atoms with Crippen molar-refractivity contribution in [2.24, 2.45) is 4.99 Å². The molecule has 0 radical (unpaired) electrons. The SMILES string of the molecule is CCOC(=O)C1=C(C(F)(F)F)N=c2s/c(=C/c3ccc(OCC#N)cc3OCC#N)c(=O)n2[C@@H]1c1ccc(Cl)cc1. The second-order valence-electron chi connectivity index (χ2n) is 8.21. The van der Waals surface area contributed by atoms with Crippen LogP contribution in [0, 0.1) is 22.7 Å². The standard InChI is InChI=1S/C27H18ClF3N4O5S/c1-2-38-25(37)21-22(15-3-6-17(28)7-4-15)35-24(36)20(41-26(35)34-23(21)27(29,30)31)13-16-5-8-18(39-11-9-32)14-19(16)40-12-10-33/h3-8,13-14,22H,2,11-12H2,1H3/b20-13+/t22-/m1/s1. The second-order valence-corrected chi connectivity index (χ2v) is 9.65. The topological polar surface area (TPSA) is 127 Å². The molecule has 1 aromatic heterocycles. The van der Waals surface area contributed by atoms with Gasteiger partial charge in [-0.05, 0) is 42.8 Å². The number of hydrogen-bond donors (Lipinski definition) is 0. The number of thiazole rings is 1. The fraction of sp³-hybridized carbons (Fsp3) is 0.222. The highest BCUT2D eigenvalue weighted by atomic mass is 35.5. The van der Waals surface area contributed by atoms with E-state index in [1.165, 1.54) is 55.5 Å². The number of alkyl halides is 3. The largest absolute Gasteiger partial charge is 0.479 e. The molecule has 0 saturated heterocycles. The predicted octanol–water partition coefficient (Wildman–Crippen LogP) is 3.80. The fourth-order valence-electron chi connectivity index (χ4n) is 4.02. The molecule has 0 fully saturated rings. The van der Waals surface area contributed by atoms with Crippen LogP contribution in [0.2, 0.25) is 5.02 Å². The number of nitrogens with zero attached hydrogens (tertiary/aromatic N) is 4. The first-order valence-corrected chi connectivity index (χ1v) is 13.0. The third kappa shape index (κ3) is 6.27. The lowest BCUT2D eigenvalue weighted by molar-refractivity contribution is -0.140. The average molecular weight is 603 g/mol. The van der Waals surface area contributed by atoms with Crippen molar-refractivity contribution in [1.82, 2.24) is 4.57 Å². The zero-order valence-corrected chi connectivity index (χ0v) is 22.6. The second kappa shape index (κ2) is 12.3. The van der Waals surface area contributed by atoms with Crippen LogP contribution < -0.4 is 24.4 Å². The number of allylic oxidation sites excluding steroid dienone is 1. The molecule has 210 valence electrons. The highest BCUT2D eigenvalue weighted by molar-refractivity contribution is 7.07. The van der Waals surface area contributed by atoms with Gasteiger partial charge in [0.05, 0.1) is 22.8 Å². The zero-order chi connectivity index (χ0) is 29.7. The molecular formula is C27H18ClF3N4O5S. The maximum absolute atomic E-state index is 14.2. The molecule has 0 bridgehead atoms. The molecule has 1 atom stereocenters. The van der Waals surface area contributed by atoms with Gasteiger partial charge in [-0.15, -0.1) is 0 Å². The van der Waals surface area contributed by atoms with Gasteiger partial charge in [-0.1, -0.05) is 35.1 Å². The van der Waals surface area contributed by atoms with E-state index in [1.807, 2.05) is 12.1 Å². The number of hydrogen-bond acceptors (Lipinski definition) is 9. The van der Waals surface area contributed by atoms with E-state index in [2.05, 4.69) is 4.99 Å². The van der Waals surface area contributed by atoms with Crippen LogP contribution in [0.3, 0.4) is 0 Å². The summed E-state index contributed by atoms with van der Waals surface area (Å²) in [6.45, 7) is 0.647. The molecular weight excluding hydrogens is 585 g/mol. The Morgan fingerprint density at radius 1 is 1.15 bits per heavy atom. The summed E-state index contributed by atoms with van der Waals surface area (Å²) in [6, 6.07) is 12.2. The van der Waals surface area contributed by atoms with Crippen molar-refractivity contribution in [1.29, 1.82) is 10.5 Å². The van der Waals surface area contributed by atoms with Gasteiger partial charge in [-0.3, -0.25) is 9.36 Å². The van der Waals surface area contributed by atoms with E-state index in [0.717, 1.165) is 4.57 Å². The van der Waals surface area contributed by atoms with Crippen LogP contribution in [0.1, 0.15) is 24.1 Å². The minimum absolute atomic E-state index is 0.0261. The monoisotopic (exact) mass is 602 g/mol. The van der Waals surface area contributed by atoms with Crippen molar-refractivity contribution in [3.8, 4) is 23.6 Å². The van der Waals surface area contributed by atoms with Crippen LogP contribution in [-0.4, -0.2) is 36.5 Å². The Kier molecular flexibility index (Phi) is 8.81. The Labute approximate surface area is 239 Å². The molecule has 41 heavy (non-hydrogen) atoms. The van der Waals surface area contributed by atoms with E-state index in [-0.39, 0.29) is 46.2 Å². The summed E-state index contributed by atoms with van der Waals surface area (Å²) in [4.78, 5) is 30.1. The van der Waals surface area contributed by atoms with E-state index in [9.17, 15) is 22.8 Å². The lowest BCUT2D eigenvalue weighted by Crippen LogP contribution is -2.41. The quantitative estimate of drug-likeness (QED) is 0.359. The van der Waals surface area contributed by atoms with Gasteiger partial charge in [-0.2, -0.15) is 23.7 Å². The molecule has 0 aliphatic carbocycles. The number of aromatic nitrogens is 1. The van der Waals surface area contributed by atoms with E-state index in [4.69, 9.17) is 36.3 Å². The molecule has 2 heterocycles. The minimum Gasteiger partial charge on any atom is -0.479 e. The van der Waals surface area contributed by atoms with Crippen molar-refractivity contribution < 1.29 is 32.2 Å². The van der Waals surface area contributed by atoms with Gasteiger partial charge in [0.2, 0.25) is 0 Å². The number of nitriles is 2. The summed E-state index contributed by atoms with van der Waals surface area (Å²) in [7, 11) is 0. The Balaban J connectivity index is 1.98. The van der Waals surface area contributed by atoms with Crippen LogP contribution in [0.25, 0.3) is 6.08 Å². The number of carbonyl (C=O) groups is 1. The van der Waals surface area contributed by atoms with Gasteiger partial charge < -0.3 is 14.2 Å². The van der Waals surface area contributed by atoms with Gasteiger partial charge in [-0.25, -0.2) is 9.79 Å². The number of rotatable bonds is 8. The number of fused-ring (bicyclic) bond motifs is 1. The van der Waals surface area contributed by atoms with Crippen molar-refractivity contribution in [3.05, 3.63) is 89.6 Å². The summed E-state index contributed by atoms with van der Waals surface area (Å²) >= 11 is 6.66. The zero-order valence-electron chi connectivity index (χ0n) is 21.1. The maximum Gasteiger partial charge on any atom is 0.434 e. The molecule has 9 nitrogen and oxygen atoms in total. The first kappa shape index (κ1) is 29.4. The van der Waals surface area contributed by atoms with Crippen molar-refractivity contribution in [2.75, 3.05) is 19.8 Å². The van der Waals surface area contributed by atoms with Gasteiger partial charge in [0.1, 0.15) is 23.6 Å². The molecule has 4 rings (SSSR count). The molecule has 0 unspecified atom stereocenters. The highest BCUT2D eigenvalue weighted by Crippen LogP contribution is 2.38. The summed E-state index contributed by atoms with van der Waals surface area (Å²) in [5, 5.41) is 18.0. The summed E-state index contributed by atoms with van der Waals surface area (Å²) < 4.78 is 59.4. The normalized spacial score (nSPS) is 14.9. The average Bonchev–Trinajstić information content (AvgIpc) is 3.25. The predicted molar refractivity (Wildman–Crippen MR) is 141 cm³/mol. The van der Waals surface area contributed by atoms with E-state index >= 15 is 0 Å². The van der Waals surface area contributed by atoms with Crippen LogP contribution >= 0.6 is 22.9 Å². The number of benzene rings is 2. The summed E-state index contributed by atoms with van der Waals surface area (Å²) in [5.74, 6) is -0.877. The number of ether oxygens (including phenoxy) is 3. The van der Waals surface area contributed by atoms with Crippen LogP contribution in [0.5, 0.6) is 11.5 Å². The van der Waals surface area contributed by atoms with Crippen LogP contribution in [0.15, 0.2) is 63.5 Å². The van der Waals surface area contributed by atoms with Gasteiger partial charge in [0.15, 0.2) is 23.7 Å². The molecule has 0 N–H and O–H groups in total. The van der Waals surface area contributed by atoms with Crippen molar-refractivity contribution >= 4 is 35.0 Å². The third-order valence-electron chi connectivity index (χ3n) is 5.65. The maximum atomic E-state index is 14.2. The number of esters is 1. The summed E-state index contributed by atoms with van der Waals surface area (Å²) in [6.07, 6.45) is -3.68. The molecule has 3 aromatic rings. The molecule has 14 heteroatoms. The van der Waals surface area contributed by atoms with Crippen molar-refractivity contribution in [2.45, 2.75) is 19.1 Å². The molecule has 0 spiro atoms. The molecule has 1 aliphatic rings. The van der Waals surface area contributed by atoms with Crippen LogP contribution in [-0.2, 0) is 9.53 Å². The highest BCUT2D eigenvalue weighted by Gasteiger charge is 2.45. The fourth-order valence-corrected chi connectivity index (χ4v) is 5.13. The first-order valence-electron chi connectivity index (χ1n) is 11.8. The first-order chi connectivity index (χ1) is 19.6. The minimum atomic E-state index is -5.04. The van der Waals surface area contributed by atoms with E-state index in [1.54, 1.807) is 0 Å².